The van der Waals surface area contributed by atoms with Crippen LogP contribution in [0.5, 0.6) is 0 Å². The Kier molecular flexibility index (Phi) is 4.14. The van der Waals surface area contributed by atoms with Crippen LogP contribution in [0, 0.1) is 0 Å². The quantitative estimate of drug-likeness (QED) is 0.431. The molecule has 0 N–H and O–H groups in total. The Morgan fingerprint density at radius 1 is 1.67 bits per heavy atom. The van der Waals surface area contributed by atoms with Crippen LogP contribution >= 0.6 is 11.6 Å². The summed E-state index contributed by atoms with van der Waals surface area (Å²) in [7, 11) is 3.22. The molecular weight excluding hydrogens is 138 g/mol. The Morgan fingerprint density at radius 2 is 2.22 bits per heavy atom. The van der Waals surface area contributed by atoms with Crippen molar-refractivity contribution in [3.8, 4) is 0 Å². The van der Waals surface area contributed by atoms with Crippen molar-refractivity contribution in [2.24, 2.45) is 4.99 Å². The van der Waals surface area contributed by atoms with Crippen molar-refractivity contribution in [2.75, 3.05) is 14.2 Å². The molecule has 0 spiro atoms. The second kappa shape index (κ2) is 4.39. The molecule has 0 bridgehead atoms. The van der Waals surface area contributed by atoms with Crippen molar-refractivity contribution >= 4 is 16.8 Å². The molecule has 0 aromatic carbocycles. The van der Waals surface area contributed by atoms with Crippen LogP contribution in [0.2, 0.25) is 0 Å². The molecule has 3 heteroatoms. The van der Waals surface area contributed by atoms with Crippen LogP contribution in [0.4, 0.5) is 0 Å². The molecule has 0 amide bonds. The lowest BCUT2D eigenvalue weighted by atomic mass is 10.5. The van der Waals surface area contributed by atoms with Gasteiger partial charge in [-0.25, -0.2) is 0 Å². The predicted molar refractivity (Wildman–Crippen MR) is 40.0 cm³/mol. The third-order valence-electron chi connectivity index (χ3n) is 0.858. The molecule has 0 aliphatic heterocycles. The summed E-state index contributed by atoms with van der Waals surface area (Å²) < 4.78 is 4.82. The number of methoxy groups -OCH3 is 1. The fourth-order valence-electron chi connectivity index (χ4n) is 0.291. The van der Waals surface area contributed by atoms with Gasteiger partial charge >= 0.3 is 0 Å². The van der Waals surface area contributed by atoms with Gasteiger partial charge in [-0.15, -0.1) is 0 Å². The van der Waals surface area contributed by atoms with E-state index in [1.807, 2.05) is 6.92 Å². The molecule has 0 radical (unpaired) electrons. The molecule has 0 rings (SSSR count). The average molecular weight is 148 g/mol. The van der Waals surface area contributed by atoms with Crippen molar-refractivity contribution < 1.29 is 4.74 Å². The largest absolute Gasteiger partial charge is 0.501 e. The van der Waals surface area contributed by atoms with Crippen molar-refractivity contribution in [1.82, 2.24) is 0 Å². The molecular formula is C6H10ClNO. The van der Waals surface area contributed by atoms with E-state index in [1.54, 1.807) is 20.2 Å². The lowest BCUT2D eigenvalue weighted by Crippen LogP contribution is -1.84. The maximum atomic E-state index is 5.53. The number of ether oxygens (including phenoxy) is 1. The summed E-state index contributed by atoms with van der Waals surface area (Å²) in [5, 5.41) is 0.453. The number of hydrogen-bond donors (Lipinski definition) is 0. The molecule has 0 fully saturated rings. The normalized spacial score (nSPS) is 13.8. The zero-order valence-electron chi connectivity index (χ0n) is 5.81. The predicted octanol–water partition coefficient (Wildman–Crippen LogP) is 1.80. The molecule has 0 aliphatic rings. The van der Waals surface area contributed by atoms with Crippen molar-refractivity contribution in [1.29, 1.82) is 0 Å². The van der Waals surface area contributed by atoms with Gasteiger partial charge in [-0.05, 0) is 6.92 Å². The number of halogens is 1. The minimum Gasteiger partial charge on any atom is -0.501 e. The highest BCUT2D eigenvalue weighted by molar-refractivity contribution is 6.68. The van der Waals surface area contributed by atoms with Crippen molar-refractivity contribution in [2.45, 2.75) is 6.92 Å². The lowest BCUT2D eigenvalue weighted by Gasteiger charge is -1.94. The van der Waals surface area contributed by atoms with E-state index >= 15 is 0 Å². The highest BCUT2D eigenvalue weighted by Gasteiger charge is 1.87. The summed E-state index contributed by atoms with van der Waals surface area (Å²) in [5.74, 6) is 0.755. The van der Waals surface area contributed by atoms with E-state index in [1.165, 1.54) is 0 Å². The smallest absolute Gasteiger partial charge is 0.126 e. The second-order valence-electron chi connectivity index (χ2n) is 1.51. The van der Waals surface area contributed by atoms with Crippen LogP contribution in [0.3, 0.4) is 0 Å². The van der Waals surface area contributed by atoms with Crippen LogP contribution in [0.15, 0.2) is 16.8 Å². The summed E-state index contributed by atoms with van der Waals surface area (Å²) in [6, 6.07) is 0. The summed E-state index contributed by atoms with van der Waals surface area (Å²) in [5.41, 5.74) is 0. The number of allylic oxidation sites excluding steroid dienone is 2. The summed E-state index contributed by atoms with van der Waals surface area (Å²) in [6.45, 7) is 1.81. The third kappa shape index (κ3) is 4.03. The topological polar surface area (TPSA) is 21.6 Å². The molecule has 0 unspecified atom stereocenters. The van der Waals surface area contributed by atoms with Gasteiger partial charge in [0, 0.05) is 13.1 Å². The van der Waals surface area contributed by atoms with Gasteiger partial charge in [0.2, 0.25) is 0 Å². The number of hydrogen-bond acceptors (Lipinski definition) is 2. The number of rotatable bonds is 2. The van der Waals surface area contributed by atoms with Gasteiger partial charge in [0.1, 0.15) is 5.17 Å². The summed E-state index contributed by atoms with van der Waals surface area (Å²) >= 11 is 5.53. The highest BCUT2D eigenvalue weighted by Crippen LogP contribution is 1.95. The Balaban J connectivity index is 3.95. The van der Waals surface area contributed by atoms with E-state index in [-0.39, 0.29) is 0 Å². The van der Waals surface area contributed by atoms with E-state index in [0.717, 1.165) is 5.76 Å². The van der Waals surface area contributed by atoms with Crippen molar-refractivity contribution in [3.63, 3.8) is 0 Å². The lowest BCUT2D eigenvalue weighted by molar-refractivity contribution is 0.294. The maximum Gasteiger partial charge on any atom is 0.126 e. The minimum absolute atomic E-state index is 0.453. The SMILES string of the molecule is CN=C(Cl)C=C(C)OC. The Labute approximate surface area is 60.2 Å². The van der Waals surface area contributed by atoms with Gasteiger partial charge in [-0.1, -0.05) is 11.6 Å². The van der Waals surface area contributed by atoms with Crippen LogP contribution < -0.4 is 0 Å². The first-order valence-corrected chi connectivity index (χ1v) is 2.93. The van der Waals surface area contributed by atoms with Gasteiger partial charge in [0.15, 0.2) is 0 Å². The van der Waals surface area contributed by atoms with Gasteiger partial charge < -0.3 is 4.74 Å². The van der Waals surface area contributed by atoms with E-state index < -0.39 is 0 Å². The van der Waals surface area contributed by atoms with Gasteiger partial charge in [-0.2, -0.15) is 0 Å². The fourth-order valence-corrected chi connectivity index (χ4v) is 0.445. The average Bonchev–Trinajstić information content (AvgIpc) is 1.87. The third-order valence-corrected chi connectivity index (χ3v) is 1.14. The number of nitrogens with zero attached hydrogens (tertiary/aromatic N) is 1. The fraction of sp³-hybridized carbons (Fsp3) is 0.500. The van der Waals surface area contributed by atoms with Crippen LogP contribution in [0.1, 0.15) is 6.92 Å². The second-order valence-corrected chi connectivity index (χ2v) is 1.89. The molecule has 0 heterocycles. The zero-order chi connectivity index (χ0) is 7.28. The first-order chi connectivity index (χ1) is 4.20. The molecule has 0 aliphatic carbocycles. The van der Waals surface area contributed by atoms with E-state index in [0.29, 0.717) is 5.17 Å². The van der Waals surface area contributed by atoms with E-state index in [9.17, 15) is 0 Å². The summed E-state index contributed by atoms with van der Waals surface area (Å²) in [4.78, 5) is 3.70. The number of aliphatic imine (C=N–C) groups is 1. The van der Waals surface area contributed by atoms with Gasteiger partial charge in [0.25, 0.3) is 0 Å². The molecule has 2 nitrogen and oxygen atoms in total. The first kappa shape index (κ1) is 8.50. The molecule has 0 atom stereocenters. The zero-order valence-corrected chi connectivity index (χ0v) is 6.57. The van der Waals surface area contributed by atoms with E-state index in [4.69, 9.17) is 16.3 Å². The molecule has 0 aromatic rings. The van der Waals surface area contributed by atoms with Crippen LogP contribution in [-0.4, -0.2) is 19.3 Å². The Bertz CT molecular complexity index is 140. The standard InChI is InChI=1S/C6H10ClNO/c1-5(9-3)4-6(7)8-2/h4H,1-3H3. The van der Waals surface area contributed by atoms with Gasteiger partial charge in [0.05, 0.1) is 12.9 Å². The van der Waals surface area contributed by atoms with Gasteiger partial charge in [-0.3, -0.25) is 4.99 Å². The summed E-state index contributed by atoms with van der Waals surface area (Å²) in [6.07, 6.45) is 1.65. The minimum atomic E-state index is 0.453. The van der Waals surface area contributed by atoms with Crippen molar-refractivity contribution in [3.05, 3.63) is 11.8 Å². The van der Waals surface area contributed by atoms with Crippen LogP contribution in [-0.2, 0) is 4.74 Å². The maximum absolute atomic E-state index is 5.53. The Morgan fingerprint density at radius 3 is 2.56 bits per heavy atom. The molecule has 9 heavy (non-hydrogen) atoms. The Hall–Kier alpha value is -0.500. The molecule has 52 valence electrons. The van der Waals surface area contributed by atoms with E-state index in [2.05, 4.69) is 4.99 Å². The molecule has 0 aromatic heterocycles. The monoisotopic (exact) mass is 147 g/mol. The van der Waals surface area contributed by atoms with Crippen LogP contribution in [0.25, 0.3) is 0 Å². The first-order valence-electron chi connectivity index (χ1n) is 2.55. The highest BCUT2D eigenvalue weighted by atomic mass is 35.5. The molecule has 0 saturated heterocycles. The molecule has 0 saturated carbocycles.